The van der Waals surface area contributed by atoms with E-state index in [1.165, 1.54) is 27.0 Å². The maximum Gasteiger partial charge on any atom is 0.405 e. The van der Waals surface area contributed by atoms with E-state index in [0.717, 1.165) is 17.7 Å². The second-order valence-electron chi connectivity index (χ2n) is 10.1. The molecule has 2 aromatic carbocycles. The SMILES string of the molecule is CCC(c1ccc(F)c(C(=O)c2c[nH]c3ncc(-c4ccc(Cl)cc4)cc23)c1F)S(=O)(=O)NC(=O)C(NC(=O)O)C(C)C. The highest BCUT2D eigenvalue weighted by atomic mass is 35.5. The number of carboxylic acid groups (broad SMARTS) is 1. The van der Waals surface area contributed by atoms with Gasteiger partial charge in [0, 0.05) is 39.5 Å². The van der Waals surface area contributed by atoms with Crippen LogP contribution in [-0.2, 0) is 14.8 Å². The number of aromatic nitrogens is 2. The summed E-state index contributed by atoms with van der Waals surface area (Å²) in [6.45, 7) is 4.40. The lowest BCUT2D eigenvalue weighted by Crippen LogP contribution is -2.51. The fourth-order valence-electron chi connectivity index (χ4n) is 4.70. The van der Waals surface area contributed by atoms with Gasteiger partial charge in [0.15, 0.2) is 0 Å². The van der Waals surface area contributed by atoms with Gasteiger partial charge in [0.1, 0.15) is 28.6 Å². The summed E-state index contributed by atoms with van der Waals surface area (Å²) < 4.78 is 59.3. The first-order valence-corrected chi connectivity index (χ1v) is 15.0. The van der Waals surface area contributed by atoms with Crippen LogP contribution in [0, 0.1) is 17.6 Å². The van der Waals surface area contributed by atoms with Crippen LogP contribution in [-0.4, -0.2) is 47.3 Å². The minimum atomic E-state index is -4.68. The highest BCUT2D eigenvalue weighted by Crippen LogP contribution is 2.33. The Hall–Kier alpha value is -4.36. The average Bonchev–Trinajstić information content (AvgIpc) is 3.36. The molecule has 0 spiro atoms. The van der Waals surface area contributed by atoms with Crippen LogP contribution in [0.15, 0.2) is 54.9 Å². The summed E-state index contributed by atoms with van der Waals surface area (Å²) in [5, 5.41) is 10.0. The van der Waals surface area contributed by atoms with Crippen molar-refractivity contribution < 1.29 is 36.7 Å². The number of hydrogen-bond acceptors (Lipinski definition) is 6. The van der Waals surface area contributed by atoms with E-state index in [4.69, 9.17) is 16.7 Å². The predicted octanol–water partition coefficient (Wildman–Crippen LogP) is 5.58. The summed E-state index contributed by atoms with van der Waals surface area (Å²) in [5.41, 5.74) is -0.00416. The molecule has 2 unspecified atom stereocenters. The number of amides is 2. The van der Waals surface area contributed by atoms with Crippen molar-refractivity contribution in [2.45, 2.75) is 38.5 Å². The number of rotatable bonds is 10. The lowest BCUT2D eigenvalue weighted by Gasteiger charge is -2.23. The molecule has 4 N–H and O–H groups in total. The summed E-state index contributed by atoms with van der Waals surface area (Å²) in [7, 11) is -4.68. The third-order valence-electron chi connectivity index (χ3n) is 6.86. The van der Waals surface area contributed by atoms with Crippen LogP contribution in [0.5, 0.6) is 0 Å². The number of carbonyl (C=O) groups excluding carboxylic acids is 2. The van der Waals surface area contributed by atoms with Crippen molar-refractivity contribution in [2.24, 2.45) is 5.92 Å². The molecule has 43 heavy (non-hydrogen) atoms. The minimum absolute atomic E-state index is 0.100. The monoisotopic (exact) mass is 632 g/mol. The van der Waals surface area contributed by atoms with Gasteiger partial charge >= 0.3 is 6.09 Å². The van der Waals surface area contributed by atoms with Crippen molar-refractivity contribution in [1.29, 1.82) is 0 Å². The molecule has 2 atom stereocenters. The van der Waals surface area contributed by atoms with Crippen molar-refractivity contribution in [3.63, 3.8) is 0 Å². The van der Waals surface area contributed by atoms with Crippen LogP contribution in [0.3, 0.4) is 0 Å². The van der Waals surface area contributed by atoms with Gasteiger partial charge < -0.3 is 15.4 Å². The Morgan fingerprint density at radius 3 is 2.35 bits per heavy atom. The molecule has 0 saturated carbocycles. The van der Waals surface area contributed by atoms with Gasteiger partial charge in [-0.3, -0.25) is 14.3 Å². The largest absolute Gasteiger partial charge is 0.465 e. The molecule has 0 aliphatic heterocycles. The molecule has 0 radical (unpaired) electrons. The Labute approximate surface area is 250 Å². The van der Waals surface area contributed by atoms with Crippen molar-refractivity contribution in [2.75, 3.05) is 0 Å². The number of H-pyrrole nitrogens is 1. The number of aromatic amines is 1. The van der Waals surface area contributed by atoms with Crippen molar-refractivity contribution >= 4 is 50.4 Å². The smallest absolute Gasteiger partial charge is 0.405 e. The first-order chi connectivity index (χ1) is 20.2. The molecule has 4 aromatic rings. The number of nitrogens with zero attached hydrogens (tertiary/aromatic N) is 1. The average molecular weight is 633 g/mol. The van der Waals surface area contributed by atoms with Gasteiger partial charge in [-0.1, -0.05) is 50.6 Å². The van der Waals surface area contributed by atoms with Gasteiger partial charge in [0.2, 0.25) is 15.8 Å². The molecular formula is C29H27ClF2N4O6S. The van der Waals surface area contributed by atoms with Gasteiger partial charge in [0.25, 0.3) is 5.91 Å². The third-order valence-corrected chi connectivity index (χ3v) is 8.94. The predicted molar refractivity (Wildman–Crippen MR) is 156 cm³/mol. The Kier molecular flexibility index (Phi) is 9.16. The second-order valence-corrected chi connectivity index (χ2v) is 12.4. The molecule has 2 aromatic heterocycles. The van der Waals surface area contributed by atoms with Gasteiger partial charge in [-0.15, -0.1) is 0 Å². The van der Waals surface area contributed by atoms with Gasteiger partial charge in [-0.2, -0.15) is 0 Å². The van der Waals surface area contributed by atoms with E-state index >= 15 is 8.78 Å². The lowest BCUT2D eigenvalue weighted by molar-refractivity contribution is -0.122. The van der Waals surface area contributed by atoms with E-state index in [9.17, 15) is 22.8 Å². The molecule has 0 saturated heterocycles. The molecule has 226 valence electrons. The molecule has 0 aliphatic carbocycles. The summed E-state index contributed by atoms with van der Waals surface area (Å²) in [4.78, 5) is 44.5. The highest BCUT2D eigenvalue weighted by Gasteiger charge is 2.35. The zero-order valence-corrected chi connectivity index (χ0v) is 24.7. The fraction of sp³-hybridized carbons (Fsp3) is 0.241. The Bertz CT molecular complexity index is 1830. The van der Waals surface area contributed by atoms with Gasteiger partial charge in [-0.05, 0) is 42.2 Å². The number of nitrogens with one attached hydrogen (secondary N) is 3. The molecule has 0 fully saturated rings. The zero-order chi connectivity index (χ0) is 31.6. The van der Waals surface area contributed by atoms with E-state index in [0.29, 0.717) is 10.6 Å². The number of hydrogen-bond donors (Lipinski definition) is 4. The van der Waals surface area contributed by atoms with E-state index in [1.807, 2.05) is 5.32 Å². The van der Waals surface area contributed by atoms with E-state index in [-0.39, 0.29) is 23.0 Å². The molecule has 2 amide bonds. The normalized spacial score (nSPS) is 13.1. The van der Waals surface area contributed by atoms with Crippen LogP contribution in [0.2, 0.25) is 5.02 Å². The van der Waals surface area contributed by atoms with Crippen LogP contribution in [0.1, 0.15) is 53.9 Å². The molecule has 0 aliphatic rings. The lowest BCUT2D eigenvalue weighted by atomic mass is 9.97. The first kappa shape index (κ1) is 31.6. The number of ketones is 1. The van der Waals surface area contributed by atoms with Crippen LogP contribution < -0.4 is 10.0 Å². The fourth-order valence-corrected chi connectivity index (χ4v) is 6.33. The molecule has 4 rings (SSSR count). The molecule has 10 nitrogen and oxygen atoms in total. The van der Waals surface area contributed by atoms with Crippen molar-refractivity contribution in [1.82, 2.24) is 20.0 Å². The molecular weight excluding hydrogens is 606 g/mol. The Balaban J connectivity index is 1.73. The summed E-state index contributed by atoms with van der Waals surface area (Å²) >= 11 is 5.96. The maximum atomic E-state index is 16.0. The van der Waals surface area contributed by atoms with E-state index < -0.39 is 67.8 Å². The number of pyridine rings is 1. The highest BCUT2D eigenvalue weighted by molar-refractivity contribution is 7.90. The number of fused-ring (bicyclic) bond motifs is 1. The summed E-state index contributed by atoms with van der Waals surface area (Å²) in [6.07, 6.45) is 1.00. The quantitative estimate of drug-likeness (QED) is 0.166. The Morgan fingerprint density at radius 1 is 1.07 bits per heavy atom. The summed E-state index contributed by atoms with van der Waals surface area (Å²) in [6, 6.07) is 8.71. The number of carbonyl (C=O) groups is 3. The van der Waals surface area contributed by atoms with Crippen LogP contribution >= 0.6 is 11.6 Å². The minimum Gasteiger partial charge on any atom is -0.465 e. The second kappa shape index (κ2) is 12.5. The first-order valence-electron chi connectivity index (χ1n) is 13.1. The number of sulfonamides is 1. The standard InChI is InChI=1S/C29H27ClF2N4O6S/c1-4-22(43(41,42)36-28(38)25(14(2)3)35-29(39)40)18-9-10-21(31)23(24(18)32)26(37)20-13-34-27-19(20)11-16(12-33-27)15-5-7-17(30)8-6-15/h5-14,22,25,35H,4H2,1-3H3,(H,33,34)(H,36,38)(H,39,40). The third kappa shape index (κ3) is 6.52. The van der Waals surface area contributed by atoms with Crippen molar-refractivity contribution in [3.8, 4) is 11.1 Å². The summed E-state index contributed by atoms with van der Waals surface area (Å²) in [5.74, 6) is -5.47. The van der Waals surface area contributed by atoms with Gasteiger partial charge in [0.05, 0.1) is 5.56 Å². The Morgan fingerprint density at radius 2 is 1.74 bits per heavy atom. The molecule has 0 bridgehead atoms. The number of halogens is 3. The number of benzene rings is 2. The maximum absolute atomic E-state index is 16.0. The molecule has 2 heterocycles. The van der Waals surface area contributed by atoms with Gasteiger partial charge in [-0.25, -0.2) is 27.0 Å². The van der Waals surface area contributed by atoms with E-state index in [1.54, 1.807) is 41.3 Å². The van der Waals surface area contributed by atoms with Crippen LogP contribution in [0.25, 0.3) is 22.2 Å². The van der Waals surface area contributed by atoms with Crippen molar-refractivity contribution in [3.05, 3.63) is 88.2 Å². The molecule has 14 heteroatoms. The topological polar surface area (TPSA) is 158 Å². The zero-order valence-electron chi connectivity index (χ0n) is 23.1. The van der Waals surface area contributed by atoms with E-state index in [2.05, 4.69) is 9.97 Å². The van der Waals surface area contributed by atoms with Crippen LogP contribution in [0.4, 0.5) is 13.6 Å².